The Morgan fingerprint density at radius 1 is 1.00 bits per heavy atom. The summed E-state index contributed by atoms with van der Waals surface area (Å²) >= 11 is 0. The van der Waals surface area contributed by atoms with Crippen LogP contribution in [-0.2, 0) is 0 Å². The number of nitrogen functional groups attached to an aromatic ring is 1. The third-order valence-corrected chi connectivity index (χ3v) is 2.56. The fraction of sp³-hybridized carbons (Fsp3) is 0.200. The number of benzene rings is 2. The van der Waals surface area contributed by atoms with Gasteiger partial charge in [-0.15, -0.1) is 0 Å². The van der Waals surface area contributed by atoms with E-state index < -0.39 is 0 Å². The third-order valence-electron chi connectivity index (χ3n) is 2.56. The van der Waals surface area contributed by atoms with Gasteiger partial charge in [0.1, 0.15) is 23.0 Å². The number of anilines is 1. The topological polar surface area (TPSA) is 53.7 Å². The van der Waals surface area contributed by atoms with Crippen LogP contribution in [0, 0.1) is 0 Å². The van der Waals surface area contributed by atoms with Gasteiger partial charge in [-0.2, -0.15) is 0 Å². The van der Waals surface area contributed by atoms with Crippen molar-refractivity contribution in [2.24, 2.45) is 0 Å². The van der Waals surface area contributed by atoms with Crippen molar-refractivity contribution in [1.29, 1.82) is 0 Å². The van der Waals surface area contributed by atoms with Crippen LogP contribution >= 0.6 is 0 Å². The molecule has 0 fully saturated rings. The summed E-state index contributed by atoms with van der Waals surface area (Å²) < 4.78 is 16.3. The van der Waals surface area contributed by atoms with Crippen LogP contribution in [0.25, 0.3) is 0 Å². The van der Waals surface area contributed by atoms with Gasteiger partial charge in [0, 0.05) is 12.1 Å². The van der Waals surface area contributed by atoms with Gasteiger partial charge in [-0.1, -0.05) is 6.07 Å². The van der Waals surface area contributed by atoms with E-state index in [1.807, 2.05) is 31.2 Å². The summed E-state index contributed by atoms with van der Waals surface area (Å²) in [6.45, 7) is 2.47. The van der Waals surface area contributed by atoms with Crippen molar-refractivity contribution in [3.63, 3.8) is 0 Å². The summed E-state index contributed by atoms with van der Waals surface area (Å²) in [5.74, 6) is 2.75. The zero-order valence-corrected chi connectivity index (χ0v) is 11.1. The lowest BCUT2D eigenvalue weighted by Crippen LogP contribution is -1.97. The average Bonchev–Trinajstić information content (AvgIpc) is 2.43. The predicted octanol–water partition coefficient (Wildman–Crippen LogP) is 3.47. The van der Waals surface area contributed by atoms with Crippen molar-refractivity contribution in [2.45, 2.75) is 6.92 Å². The number of methoxy groups -OCH3 is 1. The first kappa shape index (κ1) is 13.1. The highest BCUT2D eigenvalue weighted by Gasteiger charge is 2.04. The SMILES string of the molecule is CCOc1cc(Oc2cccc(OC)c2)ccc1N. The first-order chi connectivity index (χ1) is 9.22. The van der Waals surface area contributed by atoms with Crippen molar-refractivity contribution < 1.29 is 14.2 Å². The van der Waals surface area contributed by atoms with E-state index in [2.05, 4.69) is 0 Å². The van der Waals surface area contributed by atoms with E-state index in [9.17, 15) is 0 Å². The second-order valence-electron chi connectivity index (χ2n) is 3.91. The minimum absolute atomic E-state index is 0.562. The second-order valence-corrected chi connectivity index (χ2v) is 3.91. The Kier molecular flexibility index (Phi) is 4.13. The molecule has 0 aliphatic heterocycles. The highest BCUT2D eigenvalue weighted by Crippen LogP contribution is 2.31. The zero-order valence-electron chi connectivity index (χ0n) is 11.1. The molecule has 0 saturated heterocycles. The van der Waals surface area contributed by atoms with Gasteiger partial charge in [-0.25, -0.2) is 0 Å². The maximum Gasteiger partial charge on any atom is 0.145 e. The quantitative estimate of drug-likeness (QED) is 0.835. The molecule has 0 aliphatic carbocycles. The molecule has 0 heterocycles. The summed E-state index contributed by atoms with van der Waals surface area (Å²) in [6.07, 6.45) is 0. The summed E-state index contributed by atoms with van der Waals surface area (Å²) in [5.41, 5.74) is 6.41. The Morgan fingerprint density at radius 3 is 2.47 bits per heavy atom. The van der Waals surface area contributed by atoms with Gasteiger partial charge >= 0.3 is 0 Å². The maximum absolute atomic E-state index is 5.81. The van der Waals surface area contributed by atoms with E-state index in [0.29, 0.717) is 29.5 Å². The lowest BCUT2D eigenvalue weighted by molar-refractivity contribution is 0.340. The maximum atomic E-state index is 5.81. The van der Waals surface area contributed by atoms with Crippen LogP contribution in [-0.4, -0.2) is 13.7 Å². The minimum atomic E-state index is 0.562. The molecular weight excluding hydrogens is 242 g/mol. The first-order valence-corrected chi connectivity index (χ1v) is 6.07. The van der Waals surface area contributed by atoms with Crippen molar-refractivity contribution in [3.05, 3.63) is 42.5 Å². The van der Waals surface area contributed by atoms with E-state index in [0.717, 1.165) is 5.75 Å². The molecule has 2 aromatic rings. The van der Waals surface area contributed by atoms with Crippen molar-refractivity contribution in [2.75, 3.05) is 19.5 Å². The van der Waals surface area contributed by atoms with E-state index in [4.69, 9.17) is 19.9 Å². The molecule has 0 unspecified atom stereocenters. The highest BCUT2D eigenvalue weighted by atomic mass is 16.5. The number of ether oxygens (including phenoxy) is 3. The molecule has 0 aromatic heterocycles. The van der Waals surface area contributed by atoms with E-state index in [1.165, 1.54) is 0 Å². The van der Waals surface area contributed by atoms with Gasteiger partial charge in [0.15, 0.2) is 0 Å². The molecule has 0 aliphatic rings. The zero-order chi connectivity index (χ0) is 13.7. The Morgan fingerprint density at radius 2 is 1.74 bits per heavy atom. The molecule has 2 rings (SSSR count). The molecule has 2 aromatic carbocycles. The lowest BCUT2D eigenvalue weighted by Gasteiger charge is -2.11. The molecular formula is C15H17NO3. The normalized spacial score (nSPS) is 10.0. The molecule has 4 nitrogen and oxygen atoms in total. The molecule has 100 valence electrons. The fourth-order valence-electron chi connectivity index (χ4n) is 1.66. The summed E-state index contributed by atoms with van der Waals surface area (Å²) in [6, 6.07) is 12.8. The van der Waals surface area contributed by atoms with Crippen LogP contribution in [0.15, 0.2) is 42.5 Å². The Hall–Kier alpha value is -2.36. The van der Waals surface area contributed by atoms with E-state index in [-0.39, 0.29) is 0 Å². The minimum Gasteiger partial charge on any atom is -0.497 e. The predicted molar refractivity (Wildman–Crippen MR) is 75.1 cm³/mol. The molecule has 0 atom stereocenters. The molecule has 0 amide bonds. The fourth-order valence-corrected chi connectivity index (χ4v) is 1.66. The molecule has 0 spiro atoms. The van der Waals surface area contributed by atoms with Gasteiger partial charge in [0.25, 0.3) is 0 Å². The standard InChI is InChI=1S/C15H17NO3/c1-3-18-15-10-13(7-8-14(15)16)19-12-6-4-5-11(9-12)17-2/h4-10H,3,16H2,1-2H3. The van der Waals surface area contributed by atoms with Crippen LogP contribution in [0.1, 0.15) is 6.92 Å². The van der Waals surface area contributed by atoms with Gasteiger partial charge in [0.05, 0.1) is 19.4 Å². The highest BCUT2D eigenvalue weighted by molar-refractivity contribution is 5.56. The van der Waals surface area contributed by atoms with Crippen molar-refractivity contribution in [3.8, 4) is 23.0 Å². The van der Waals surface area contributed by atoms with Gasteiger partial charge in [-0.3, -0.25) is 0 Å². The lowest BCUT2D eigenvalue weighted by atomic mass is 10.2. The van der Waals surface area contributed by atoms with Crippen molar-refractivity contribution >= 4 is 5.69 Å². The monoisotopic (exact) mass is 259 g/mol. The van der Waals surface area contributed by atoms with Gasteiger partial charge < -0.3 is 19.9 Å². The summed E-state index contributed by atoms with van der Waals surface area (Å²) in [7, 11) is 1.62. The first-order valence-electron chi connectivity index (χ1n) is 6.07. The summed E-state index contributed by atoms with van der Waals surface area (Å²) in [4.78, 5) is 0. The van der Waals surface area contributed by atoms with E-state index >= 15 is 0 Å². The largest absolute Gasteiger partial charge is 0.497 e. The third kappa shape index (κ3) is 3.31. The average molecular weight is 259 g/mol. The molecule has 0 saturated carbocycles. The molecule has 0 bridgehead atoms. The molecule has 2 N–H and O–H groups in total. The number of hydrogen-bond donors (Lipinski definition) is 1. The van der Waals surface area contributed by atoms with Crippen LogP contribution in [0.5, 0.6) is 23.0 Å². The van der Waals surface area contributed by atoms with Crippen LogP contribution in [0.3, 0.4) is 0 Å². The van der Waals surface area contributed by atoms with Gasteiger partial charge in [-0.05, 0) is 31.2 Å². The molecule has 4 heteroatoms. The Balaban J connectivity index is 2.20. The Labute approximate surface area is 112 Å². The van der Waals surface area contributed by atoms with Crippen LogP contribution < -0.4 is 19.9 Å². The smallest absolute Gasteiger partial charge is 0.145 e. The molecule has 0 radical (unpaired) electrons. The number of nitrogens with two attached hydrogens (primary N) is 1. The molecule has 19 heavy (non-hydrogen) atoms. The number of rotatable bonds is 5. The van der Waals surface area contributed by atoms with Gasteiger partial charge in [0.2, 0.25) is 0 Å². The van der Waals surface area contributed by atoms with E-state index in [1.54, 1.807) is 25.3 Å². The van der Waals surface area contributed by atoms with Crippen molar-refractivity contribution in [1.82, 2.24) is 0 Å². The second kappa shape index (κ2) is 6.00. The van der Waals surface area contributed by atoms with Crippen LogP contribution in [0.2, 0.25) is 0 Å². The Bertz CT molecular complexity index is 555. The van der Waals surface area contributed by atoms with Crippen LogP contribution in [0.4, 0.5) is 5.69 Å². The summed E-state index contributed by atoms with van der Waals surface area (Å²) in [5, 5.41) is 0. The number of hydrogen-bond acceptors (Lipinski definition) is 4.